The van der Waals surface area contributed by atoms with Crippen molar-refractivity contribution in [3.05, 3.63) is 30.5 Å². The molecule has 0 amide bonds. The van der Waals surface area contributed by atoms with Gasteiger partial charge in [0.15, 0.2) is 0 Å². The Balaban J connectivity index is 2.14. The minimum Gasteiger partial charge on any atom is -0.490 e. The maximum atomic E-state index is 5.84. The predicted octanol–water partition coefficient (Wildman–Crippen LogP) is 3.86. The molecule has 0 bridgehead atoms. The van der Waals surface area contributed by atoms with Crippen molar-refractivity contribution in [1.29, 1.82) is 0 Å². The maximum Gasteiger partial charge on any atom is 0.129 e. The molecule has 0 radical (unpaired) electrons. The van der Waals surface area contributed by atoms with Crippen molar-refractivity contribution < 1.29 is 9.47 Å². The molecule has 0 spiro atoms. The van der Waals surface area contributed by atoms with Crippen LogP contribution in [0.1, 0.15) is 27.2 Å². The zero-order valence-electron chi connectivity index (χ0n) is 12.1. The van der Waals surface area contributed by atoms with Crippen molar-refractivity contribution in [2.24, 2.45) is 0 Å². The Morgan fingerprint density at radius 3 is 2.74 bits per heavy atom. The first-order chi connectivity index (χ1) is 9.22. The molecule has 0 saturated heterocycles. The van der Waals surface area contributed by atoms with E-state index in [0.717, 1.165) is 31.9 Å². The van der Waals surface area contributed by atoms with Crippen LogP contribution in [0.15, 0.2) is 30.5 Å². The number of fused-ring (bicyclic) bond motifs is 1. The van der Waals surface area contributed by atoms with Gasteiger partial charge in [-0.2, -0.15) is 0 Å². The first-order valence-electron chi connectivity index (χ1n) is 7.04. The highest BCUT2D eigenvalue weighted by Gasteiger charge is 2.07. The Hall–Kier alpha value is -1.48. The van der Waals surface area contributed by atoms with E-state index in [0.29, 0.717) is 0 Å². The summed E-state index contributed by atoms with van der Waals surface area (Å²) in [5, 5.41) is 1.17. The summed E-state index contributed by atoms with van der Waals surface area (Å²) < 4.78 is 13.6. The highest BCUT2D eigenvalue weighted by atomic mass is 16.5. The average Bonchev–Trinajstić information content (AvgIpc) is 2.79. The van der Waals surface area contributed by atoms with Crippen LogP contribution in [-0.4, -0.2) is 23.9 Å². The van der Waals surface area contributed by atoms with Crippen molar-refractivity contribution in [1.82, 2.24) is 4.57 Å². The second kappa shape index (κ2) is 6.62. The first-order valence-corrected chi connectivity index (χ1v) is 7.04. The third-order valence-corrected chi connectivity index (χ3v) is 2.96. The van der Waals surface area contributed by atoms with Gasteiger partial charge in [-0.1, -0.05) is 13.0 Å². The molecule has 0 unspecified atom stereocenters. The van der Waals surface area contributed by atoms with Gasteiger partial charge in [-0.15, -0.1) is 0 Å². The van der Waals surface area contributed by atoms with Crippen LogP contribution in [0.3, 0.4) is 0 Å². The van der Waals surface area contributed by atoms with Crippen molar-refractivity contribution in [3.63, 3.8) is 0 Å². The molecule has 0 aliphatic carbocycles. The van der Waals surface area contributed by atoms with Gasteiger partial charge in [-0.05, 0) is 38.5 Å². The number of nitrogens with zero attached hydrogens (tertiary/aromatic N) is 1. The normalized spacial score (nSPS) is 11.4. The number of benzene rings is 1. The Kier molecular flexibility index (Phi) is 4.86. The van der Waals surface area contributed by atoms with E-state index in [2.05, 4.69) is 43.7 Å². The number of ether oxygens (including phenoxy) is 2. The summed E-state index contributed by atoms with van der Waals surface area (Å²) >= 11 is 0. The second-order valence-corrected chi connectivity index (χ2v) is 4.98. The molecule has 1 aromatic carbocycles. The van der Waals surface area contributed by atoms with Gasteiger partial charge in [0.2, 0.25) is 0 Å². The summed E-state index contributed by atoms with van der Waals surface area (Å²) in [7, 11) is 0. The van der Waals surface area contributed by atoms with Crippen LogP contribution in [0.25, 0.3) is 10.9 Å². The smallest absolute Gasteiger partial charge is 0.129 e. The molecule has 19 heavy (non-hydrogen) atoms. The van der Waals surface area contributed by atoms with Crippen LogP contribution in [-0.2, 0) is 11.3 Å². The van der Waals surface area contributed by atoms with E-state index < -0.39 is 0 Å². The second-order valence-electron chi connectivity index (χ2n) is 4.98. The third kappa shape index (κ3) is 3.51. The van der Waals surface area contributed by atoms with Gasteiger partial charge in [0.25, 0.3) is 0 Å². The molecule has 0 atom stereocenters. The van der Waals surface area contributed by atoms with Crippen LogP contribution in [0, 0.1) is 0 Å². The van der Waals surface area contributed by atoms with E-state index in [1.54, 1.807) is 0 Å². The van der Waals surface area contributed by atoms with Gasteiger partial charge < -0.3 is 14.0 Å². The van der Waals surface area contributed by atoms with E-state index in [-0.39, 0.29) is 6.10 Å². The van der Waals surface area contributed by atoms with Crippen molar-refractivity contribution in [2.75, 3.05) is 13.2 Å². The lowest BCUT2D eigenvalue weighted by Crippen LogP contribution is -2.06. The predicted molar refractivity (Wildman–Crippen MR) is 78.8 cm³/mol. The number of aromatic nitrogens is 1. The lowest BCUT2D eigenvalue weighted by atomic mass is 10.2. The first kappa shape index (κ1) is 13.9. The van der Waals surface area contributed by atoms with E-state index >= 15 is 0 Å². The van der Waals surface area contributed by atoms with Crippen molar-refractivity contribution >= 4 is 10.9 Å². The van der Waals surface area contributed by atoms with Crippen LogP contribution < -0.4 is 4.74 Å². The lowest BCUT2D eigenvalue weighted by Gasteiger charge is -2.11. The highest BCUT2D eigenvalue weighted by molar-refractivity contribution is 5.86. The molecule has 2 rings (SSSR count). The van der Waals surface area contributed by atoms with E-state index in [9.17, 15) is 0 Å². The summed E-state index contributed by atoms with van der Waals surface area (Å²) in [6.07, 6.45) is 3.37. The van der Waals surface area contributed by atoms with Crippen LogP contribution in [0.5, 0.6) is 5.75 Å². The fourth-order valence-corrected chi connectivity index (χ4v) is 2.16. The van der Waals surface area contributed by atoms with Crippen LogP contribution in [0.4, 0.5) is 0 Å². The van der Waals surface area contributed by atoms with Gasteiger partial charge in [-0.3, -0.25) is 0 Å². The highest BCUT2D eigenvalue weighted by Crippen LogP contribution is 2.27. The molecular formula is C16H23NO2. The molecule has 0 aliphatic heterocycles. The molecule has 0 N–H and O–H groups in total. The topological polar surface area (TPSA) is 23.4 Å². The summed E-state index contributed by atoms with van der Waals surface area (Å²) in [6.45, 7) is 8.70. The third-order valence-electron chi connectivity index (χ3n) is 2.96. The molecule has 0 fully saturated rings. The van der Waals surface area contributed by atoms with Gasteiger partial charge >= 0.3 is 0 Å². The molecule has 1 heterocycles. The molecular weight excluding hydrogens is 238 g/mol. The van der Waals surface area contributed by atoms with E-state index in [1.165, 1.54) is 10.9 Å². The molecule has 2 aromatic rings. The van der Waals surface area contributed by atoms with Crippen LogP contribution in [0.2, 0.25) is 0 Å². The molecule has 0 saturated carbocycles. The molecule has 3 nitrogen and oxygen atoms in total. The summed E-state index contributed by atoms with van der Waals surface area (Å²) in [5.74, 6) is 0.959. The van der Waals surface area contributed by atoms with Gasteiger partial charge in [0.1, 0.15) is 5.75 Å². The zero-order chi connectivity index (χ0) is 13.7. The molecule has 1 aromatic heterocycles. The van der Waals surface area contributed by atoms with Gasteiger partial charge in [0, 0.05) is 24.7 Å². The summed E-state index contributed by atoms with van der Waals surface area (Å²) in [4.78, 5) is 0. The minimum absolute atomic E-state index is 0.196. The lowest BCUT2D eigenvalue weighted by molar-refractivity contribution is 0.127. The van der Waals surface area contributed by atoms with Gasteiger partial charge in [0.05, 0.1) is 18.2 Å². The zero-order valence-corrected chi connectivity index (χ0v) is 12.1. The number of rotatable bonds is 7. The van der Waals surface area contributed by atoms with Crippen molar-refractivity contribution in [2.45, 2.75) is 39.8 Å². The Bertz CT molecular complexity index is 516. The summed E-state index contributed by atoms with van der Waals surface area (Å²) in [5.41, 5.74) is 1.21. The van der Waals surface area contributed by atoms with E-state index in [4.69, 9.17) is 9.47 Å². The fourth-order valence-electron chi connectivity index (χ4n) is 2.16. The van der Waals surface area contributed by atoms with Gasteiger partial charge in [-0.25, -0.2) is 0 Å². The van der Waals surface area contributed by atoms with Crippen LogP contribution >= 0.6 is 0 Å². The molecule has 0 aliphatic rings. The number of hydrogen-bond donors (Lipinski definition) is 0. The number of hydrogen-bond acceptors (Lipinski definition) is 2. The largest absolute Gasteiger partial charge is 0.490 e. The minimum atomic E-state index is 0.196. The monoisotopic (exact) mass is 261 g/mol. The maximum absolute atomic E-state index is 5.84. The molecule has 3 heteroatoms. The van der Waals surface area contributed by atoms with Crippen molar-refractivity contribution in [3.8, 4) is 5.75 Å². The summed E-state index contributed by atoms with van der Waals surface area (Å²) in [6, 6.07) is 8.32. The Morgan fingerprint density at radius 2 is 2.00 bits per heavy atom. The van der Waals surface area contributed by atoms with E-state index in [1.807, 2.05) is 12.1 Å². The SMILES string of the molecule is CCCOCCn1ccc2c(OC(C)C)cccc21. The molecule has 104 valence electrons. The Morgan fingerprint density at radius 1 is 1.16 bits per heavy atom. The quantitative estimate of drug-likeness (QED) is 0.707. The Labute approximate surface area is 115 Å². The fraction of sp³-hybridized carbons (Fsp3) is 0.500. The standard InChI is InChI=1S/C16H23NO2/c1-4-11-18-12-10-17-9-8-14-15(17)6-5-7-16(14)19-13(2)3/h5-9,13H,4,10-12H2,1-3H3. The average molecular weight is 261 g/mol.